The predicted octanol–water partition coefficient (Wildman–Crippen LogP) is 4.19. The molecule has 0 saturated heterocycles. The van der Waals surface area contributed by atoms with Crippen molar-refractivity contribution in [2.45, 2.75) is 20.8 Å². The van der Waals surface area contributed by atoms with Crippen LogP contribution in [0.5, 0.6) is 0 Å². The lowest BCUT2D eigenvalue weighted by atomic mass is 10.0. The second-order valence-corrected chi connectivity index (χ2v) is 5.45. The number of nitro benzene ring substituents is 1. The van der Waals surface area contributed by atoms with Gasteiger partial charge in [-0.1, -0.05) is 17.7 Å². The summed E-state index contributed by atoms with van der Waals surface area (Å²) in [6, 6.07) is 6.51. The predicted molar refractivity (Wildman–Crippen MR) is 88.3 cm³/mol. The standard InChI is InChI=1S/C17H17FN2O4/c1-9-5-6-13(10(2)7-9)19-16-12(17(21)24-4)8-14(20(22)23)11(3)15(16)18/h5-8,19H,1-4H3. The lowest BCUT2D eigenvalue weighted by molar-refractivity contribution is -0.385. The van der Waals surface area contributed by atoms with Crippen molar-refractivity contribution in [3.63, 3.8) is 0 Å². The van der Waals surface area contributed by atoms with Crippen LogP contribution in [0.3, 0.4) is 0 Å². The highest BCUT2D eigenvalue weighted by Crippen LogP contribution is 2.34. The van der Waals surface area contributed by atoms with Gasteiger partial charge >= 0.3 is 5.97 Å². The summed E-state index contributed by atoms with van der Waals surface area (Å²) in [5, 5.41) is 13.9. The Balaban J connectivity index is 2.65. The molecule has 0 bridgehead atoms. The number of hydrogen-bond acceptors (Lipinski definition) is 5. The van der Waals surface area contributed by atoms with Crippen molar-refractivity contribution >= 4 is 23.0 Å². The molecule has 2 rings (SSSR count). The van der Waals surface area contributed by atoms with Crippen LogP contribution in [0.1, 0.15) is 27.0 Å². The van der Waals surface area contributed by atoms with Crippen LogP contribution in [-0.4, -0.2) is 18.0 Å². The molecular weight excluding hydrogens is 315 g/mol. The molecule has 0 spiro atoms. The minimum atomic E-state index is -0.857. The van der Waals surface area contributed by atoms with E-state index in [2.05, 4.69) is 10.1 Å². The van der Waals surface area contributed by atoms with Gasteiger partial charge in [0, 0.05) is 11.8 Å². The van der Waals surface area contributed by atoms with E-state index in [0.29, 0.717) is 5.69 Å². The third-order valence-corrected chi connectivity index (χ3v) is 3.73. The fourth-order valence-corrected chi connectivity index (χ4v) is 2.41. The van der Waals surface area contributed by atoms with Crippen molar-refractivity contribution in [2.75, 3.05) is 12.4 Å². The highest BCUT2D eigenvalue weighted by atomic mass is 19.1. The monoisotopic (exact) mass is 332 g/mol. The summed E-state index contributed by atoms with van der Waals surface area (Å²) in [5.74, 6) is -1.71. The number of methoxy groups -OCH3 is 1. The zero-order valence-electron chi connectivity index (χ0n) is 13.8. The van der Waals surface area contributed by atoms with Gasteiger partial charge in [-0.3, -0.25) is 10.1 Å². The molecule has 6 nitrogen and oxygen atoms in total. The van der Waals surface area contributed by atoms with Gasteiger partial charge in [-0.05, 0) is 32.4 Å². The largest absolute Gasteiger partial charge is 0.465 e. The number of carbonyl (C=O) groups is 1. The van der Waals surface area contributed by atoms with Gasteiger partial charge in [0.15, 0.2) is 5.82 Å². The summed E-state index contributed by atoms with van der Waals surface area (Å²) in [5.41, 5.74) is 1.48. The Kier molecular flexibility index (Phi) is 4.82. The van der Waals surface area contributed by atoms with E-state index in [4.69, 9.17) is 0 Å². The molecule has 24 heavy (non-hydrogen) atoms. The van der Waals surface area contributed by atoms with Crippen molar-refractivity contribution in [2.24, 2.45) is 0 Å². The molecule has 0 atom stereocenters. The third kappa shape index (κ3) is 3.19. The summed E-state index contributed by atoms with van der Waals surface area (Å²) in [6.07, 6.45) is 0. The highest BCUT2D eigenvalue weighted by molar-refractivity contribution is 5.98. The second-order valence-electron chi connectivity index (χ2n) is 5.45. The number of nitrogens with zero attached hydrogens (tertiary/aromatic N) is 1. The molecule has 1 N–H and O–H groups in total. The molecule has 7 heteroatoms. The molecule has 0 aliphatic rings. The van der Waals surface area contributed by atoms with Gasteiger partial charge in [0.1, 0.15) is 0 Å². The van der Waals surface area contributed by atoms with Crippen LogP contribution in [0.15, 0.2) is 24.3 Å². The highest BCUT2D eigenvalue weighted by Gasteiger charge is 2.26. The Bertz CT molecular complexity index is 834. The van der Waals surface area contributed by atoms with Gasteiger partial charge in [0.25, 0.3) is 5.69 Å². The number of esters is 1. The molecule has 0 heterocycles. The van der Waals surface area contributed by atoms with E-state index in [1.54, 1.807) is 6.07 Å². The number of benzene rings is 2. The zero-order valence-corrected chi connectivity index (χ0v) is 13.8. The molecular formula is C17H17FN2O4. The molecule has 2 aromatic rings. The first kappa shape index (κ1) is 17.4. The number of nitro groups is 1. The fraction of sp³-hybridized carbons (Fsp3) is 0.235. The van der Waals surface area contributed by atoms with Crippen LogP contribution in [0.2, 0.25) is 0 Å². The van der Waals surface area contributed by atoms with Crippen LogP contribution in [-0.2, 0) is 4.74 Å². The number of aryl methyl sites for hydroxylation is 2. The summed E-state index contributed by atoms with van der Waals surface area (Å²) >= 11 is 0. The second kappa shape index (κ2) is 6.66. The summed E-state index contributed by atoms with van der Waals surface area (Å²) in [7, 11) is 1.13. The molecule has 0 radical (unpaired) electrons. The maximum Gasteiger partial charge on any atom is 0.340 e. The van der Waals surface area contributed by atoms with E-state index in [-0.39, 0.29) is 16.8 Å². The van der Waals surface area contributed by atoms with Crippen LogP contribution < -0.4 is 5.32 Å². The molecule has 0 aliphatic heterocycles. The maximum absolute atomic E-state index is 14.7. The zero-order chi connectivity index (χ0) is 18.0. The fourth-order valence-electron chi connectivity index (χ4n) is 2.41. The van der Waals surface area contributed by atoms with E-state index in [1.807, 2.05) is 26.0 Å². The molecule has 0 saturated carbocycles. The first-order valence-electron chi connectivity index (χ1n) is 7.16. The van der Waals surface area contributed by atoms with E-state index >= 15 is 0 Å². The lowest BCUT2D eigenvalue weighted by Crippen LogP contribution is -2.11. The number of ether oxygens (including phenoxy) is 1. The van der Waals surface area contributed by atoms with Gasteiger partial charge in [0.05, 0.1) is 28.8 Å². The average molecular weight is 332 g/mol. The van der Waals surface area contributed by atoms with Crippen molar-refractivity contribution < 1.29 is 18.8 Å². The number of halogens is 1. The minimum Gasteiger partial charge on any atom is -0.465 e. The molecule has 0 amide bonds. The Morgan fingerprint density at radius 1 is 1.25 bits per heavy atom. The average Bonchev–Trinajstić information content (AvgIpc) is 2.53. The molecule has 0 fully saturated rings. The number of anilines is 2. The summed E-state index contributed by atoms with van der Waals surface area (Å²) in [6.45, 7) is 5.05. The first-order valence-corrected chi connectivity index (χ1v) is 7.16. The Morgan fingerprint density at radius 3 is 2.46 bits per heavy atom. The van der Waals surface area contributed by atoms with E-state index < -0.39 is 22.4 Å². The van der Waals surface area contributed by atoms with Crippen LogP contribution in [0, 0.1) is 36.7 Å². The molecule has 2 aromatic carbocycles. The van der Waals surface area contributed by atoms with Gasteiger partial charge in [-0.15, -0.1) is 0 Å². The smallest absolute Gasteiger partial charge is 0.340 e. The molecule has 0 aliphatic carbocycles. The van der Waals surface area contributed by atoms with Crippen molar-refractivity contribution in [1.82, 2.24) is 0 Å². The van der Waals surface area contributed by atoms with Gasteiger partial charge in [-0.2, -0.15) is 0 Å². The first-order chi connectivity index (χ1) is 11.3. The van der Waals surface area contributed by atoms with Crippen molar-refractivity contribution in [3.05, 3.63) is 62.5 Å². The summed E-state index contributed by atoms with van der Waals surface area (Å²) < 4.78 is 19.3. The molecule has 0 unspecified atom stereocenters. The Labute approximate surface area is 138 Å². The Morgan fingerprint density at radius 2 is 1.92 bits per heavy atom. The van der Waals surface area contributed by atoms with Crippen LogP contribution in [0.4, 0.5) is 21.5 Å². The Hall–Kier alpha value is -2.96. The quantitative estimate of drug-likeness (QED) is 0.516. The summed E-state index contributed by atoms with van der Waals surface area (Å²) in [4.78, 5) is 22.3. The topological polar surface area (TPSA) is 81.5 Å². The van der Waals surface area contributed by atoms with Gasteiger partial charge < -0.3 is 10.1 Å². The molecule has 0 aromatic heterocycles. The maximum atomic E-state index is 14.7. The van der Waals surface area contributed by atoms with E-state index in [9.17, 15) is 19.3 Å². The van der Waals surface area contributed by atoms with Crippen LogP contribution in [0.25, 0.3) is 0 Å². The van der Waals surface area contributed by atoms with Crippen LogP contribution >= 0.6 is 0 Å². The minimum absolute atomic E-state index is 0.142. The molecule has 126 valence electrons. The van der Waals surface area contributed by atoms with E-state index in [0.717, 1.165) is 24.3 Å². The number of nitrogens with one attached hydrogen (secondary N) is 1. The SMILES string of the molecule is COC(=O)c1cc([N+](=O)[O-])c(C)c(F)c1Nc1ccc(C)cc1C. The van der Waals surface area contributed by atoms with E-state index in [1.165, 1.54) is 6.92 Å². The van der Waals surface area contributed by atoms with Gasteiger partial charge in [-0.25, -0.2) is 9.18 Å². The lowest BCUT2D eigenvalue weighted by Gasteiger charge is -2.15. The van der Waals surface area contributed by atoms with Crippen molar-refractivity contribution in [3.8, 4) is 0 Å². The van der Waals surface area contributed by atoms with Crippen molar-refractivity contribution in [1.29, 1.82) is 0 Å². The number of carbonyl (C=O) groups excluding carboxylic acids is 1. The number of rotatable bonds is 4. The third-order valence-electron chi connectivity index (χ3n) is 3.73. The van der Waals surface area contributed by atoms with Gasteiger partial charge in [0.2, 0.25) is 0 Å². The number of hydrogen-bond donors (Lipinski definition) is 1. The normalized spacial score (nSPS) is 10.4.